The average molecular weight is 936 g/mol. The molecule has 1 aliphatic heterocycles. The maximum absolute atomic E-state index is 13.5. The molecule has 0 saturated carbocycles. The zero-order valence-corrected chi connectivity index (χ0v) is 38.4. The predicted octanol–water partition coefficient (Wildman–Crippen LogP) is -1.88. The second kappa shape index (κ2) is 30.0. The molecule has 0 aromatic heterocycles. The van der Waals surface area contributed by atoms with Gasteiger partial charge in [-0.15, -0.1) is 0 Å². The summed E-state index contributed by atoms with van der Waals surface area (Å²) in [5, 5.41) is 102. The van der Waals surface area contributed by atoms with Crippen molar-refractivity contribution in [1.29, 1.82) is 0 Å². The van der Waals surface area contributed by atoms with Crippen LogP contribution in [0.25, 0.3) is 0 Å². The van der Waals surface area contributed by atoms with Crippen LogP contribution in [0.3, 0.4) is 0 Å². The molecule has 0 saturated heterocycles. The highest BCUT2D eigenvalue weighted by Gasteiger charge is 2.34. The topological polar surface area (TPSA) is 292 Å². The molecule has 1 heterocycles. The van der Waals surface area contributed by atoms with Gasteiger partial charge in [-0.1, -0.05) is 62.9 Å². The van der Waals surface area contributed by atoms with Gasteiger partial charge >= 0.3 is 0 Å². The van der Waals surface area contributed by atoms with Crippen molar-refractivity contribution in [1.82, 2.24) is 10.2 Å². The summed E-state index contributed by atoms with van der Waals surface area (Å²) in [5.74, 6) is 6.25. The average Bonchev–Trinajstić information content (AvgIpc) is 3.30. The van der Waals surface area contributed by atoms with Crippen LogP contribution in [0.5, 0.6) is 0 Å². The Balaban J connectivity index is 1.26. The number of aliphatic hydroxyl groups is 10. The Morgan fingerprint density at radius 1 is 0.682 bits per heavy atom. The highest BCUT2D eigenvalue weighted by Crippen LogP contribution is 2.27. The summed E-state index contributed by atoms with van der Waals surface area (Å²) in [5.41, 5.74) is 3.16. The number of para-hydroxylation sites is 1. The molecule has 19 heteroatoms. The number of nitrogens with one attached hydrogen (secondary N) is 1. The van der Waals surface area contributed by atoms with Gasteiger partial charge in [-0.25, -0.2) is 0 Å². The zero-order chi connectivity index (χ0) is 48.6. The zero-order valence-electron chi connectivity index (χ0n) is 38.4. The number of ether oxygens (including phenoxy) is 4. The van der Waals surface area contributed by atoms with Gasteiger partial charge in [0.1, 0.15) is 36.6 Å². The van der Waals surface area contributed by atoms with Gasteiger partial charge in [0.05, 0.1) is 90.5 Å². The molecule has 2 aromatic rings. The number of carbonyl (C=O) groups excluding carboxylic acids is 2. The summed E-state index contributed by atoms with van der Waals surface area (Å²) in [7, 11) is 0. The SMILES string of the molecule is CC(CNC(=O)CCC(=O)N1Cc2ccccc2C#Cc2ccccc21)CC(C)(C)COCCOCCOCCOCCN(C[C@H](O)[C@@H](O)[C@H](O)[C@H](O)CO)C[C@H](O)[C@@H](O)[C@H](O)[C@H](O)CO. The van der Waals surface area contributed by atoms with E-state index in [1.165, 1.54) is 4.90 Å². The Morgan fingerprint density at radius 3 is 1.74 bits per heavy atom. The number of benzene rings is 2. The van der Waals surface area contributed by atoms with Gasteiger partial charge in [-0.2, -0.15) is 0 Å². The molecule has 0 radical (unpaired) electrons. The lowest BCUT2D eigenvalue weighted by Crippen LogP contribution is -2.53. The summed E-state index contributed by atoms with van der Waals surface area (Å²) in [6.07, 6.45) is -13.4. The minimum atomic E-state index is -1.89. The Hall–Kier alpha value is -3.66. The van der Waals surface area contributed by atoms with Gasteiger partial charge in [0.15, 0.2) is 0 Å². The van der Waals surface area contributed by atoms with Crippen LogP contribution in [-0.4, -0.2) is 209 Å². The first-order chi connectivity index (χ1) is 31.5. The first-order valence-corrected chi connectivity index (χ1v) is 22.4. The monoisotopic (exact) mass is 935 g/mol. The van der Waals surface area contributed by atoms with Crippen LogP contribution >= 0.6 is 0 Å². The molecule has 1 unspecified atom stereocenters. The van der Waals surface area contributed by atoms with Crippen LogP contribution in [-0.2, 0) is 35.1 Å². The third-order valence-corrected chi connectivity index (χ3v) is 11.0. The fourth-order valence-electron chi connectivity index (χ4n) is 7.34. The summed E-state index contributed by atoms with van der Waals surface area (Å²) in [6.45, 7) is 6.80. The van der Waals surface area contributed by atoms with Crippen LogP contribution < -0.4 is 10.2 Å². The van der Waals surface area contributed by atoms with Crippen molar-refractivity contribution in [3.8, 4) is 11.8 Å². The van der Waals surface area contributed by atoms with Crippen LogP contribution in [0, 0.1) is 23.2 Å². The first kappa shape index (κ1) is 56.7. The van der Waals surface area contributed by atoms with Gasteiger partial charge in [0.2, 0.25) is 11.8 Å². The van der Waals surface area contributed by atoms with Gasteiger partial charge < -0.3 is 80.2 Å². The van der Waals surface area contributed by atoms with Crippen molar-refractivity contribution in [2.45, 2.75) is 95.4 Å². The summed E-state index contributed by atoms with van der Waals surface area (Å²) in [6, 6.07) is 15.3. The quantitative estimate of drug-likeness (QED) is 0.0276. The molecular formula is C47H73N3O16. The highest BCUT2D eigenvalue weighted by molar-refractivity contribution is 5.96. The van der Waals surface area contributed by atoms with E-state index in [0.717, 1.165) is 28.8 Å². The Labute approximate surface area is 387 Å². The van der Waals surface area contributed by atoms with Gasteiger partial charge in [-0.3, -0.25) is 14.5 Å². The van der Waals surface area contributed by atoms with E-state index >= 15 is 0 Å². The van der Waals surface area contributed by atoms with Crippen molar-refractivity contribution >= 4 is 17.5 Å². The van der Waals surface area contributed by atoms with E-state index in [2.05, 4.69) is 37.9 Å². The predicted molar refractivity (Wildman–Crippen MR) is 242 cm³/mol. The number of hydrogen-bond donors (Lipinski definition) is 11. The van der Waals surface area contributed by atoms with Crippen LogP contribution in [0.15, 0.2) is 48.5 Å². The molecule has 0 aliphatic carbocycles. The third kappa shape index (κ3) is 19.9. The van der Waals surface area contributed by atoms with Crippen LogP contribution in [0.2, 0.25) is 0 Å². The van der Waals surface area contributed by atoms with Gasteiger partial charge in [-0.05, 0) is 41.5 Å². The highest BCUT2D eigenvalue weighted by atomic mass is 16.6. The number of nitrogens with zero attached hydrogens (tertiary/aromatic N) is 2. The molecular weight excluding hydrogens is 863 g/mol. The van der Waals surface area contributed by atoms with E-state index in [4.69, 9.17) is 29.2 Å². The standard InChI is InChI=1S/C47H73N3O16/c1-32(25-48-41(57)14-15-42(58)50-26-35-10-5-4-8-33(35)12-13-34-9-6-7-11-36(34)50)24-47(2,3)31-66-23-22-65-21-20-64-19-18-63-17-16-49(27-37(53)43(59)45(61)39(55)29-51)28-38(54)44(60)46(62)40(56)30-52/h4-11,32,37-40,43-46,51-56,59-62H,14-31H2,1-3H3,(H,48,57)/t32?,37-,38-,39+,40+,43+,44+,45+,46+/m0/s1. The molecule has 2 amide bonds. The van der Waals surface area contributed by atoms with E-state index in [9.17, 15) is 50.4 Å². The first-order valence-electron chi connectivity index (χ1n) is 22.4. The van der Waals surface area contributed by atoms with Crippen molar-refractivity contribution in [3.05, 3.63) is 65.2 Å². The molecule has 3 rings (SSSR count). The third-order valence-electron chi connectivity index (χ3n) is 11.0. The second-order valence-electron chi connectivity index (χ2n) is 17.4. The lowest BCUT2D eigenvalue weighted by Gasteiger charge is -2.33. The summed E-state index contributed by atoms with van der Waals surface area (Å²) >= 11 is 0. The maximum atomic E-state index is 13.5. The Bertz CT molecular complexity index is 1750. The van der Waals surface area contributed by atoms with E-state index in [1.54, 1.807) is 4.90 Å². The molecule has 1 aliphatic rings. The number of hydrogen-bond acceptors (Lipinski definition) is 17. The Kier molecular flexibility index (Phi) is 25.7. The lowest BCUT2D eigenvalue weighted by molar-refractivity contribution is -0.131. The fraction of sp³-hybridized carbons (Fsp3) is 0.660. The molecule has 0 bridgehead atoms. The van der Waals surface area contributed by atoms with E-state index in [1.807, 2.05) is 48.5 Å². The van der Waals surface area contributed by atoms with Crippen LogP contribution in [0.4, 0.5) is 5.69 Å². The number of anilines is 1. The van der Waals surface area contributed by atoms with Crippen molar-refractivity contribution in [3.63, 3.8) is 0 Å². The van der Waals surface area contributed by atoms with Gasteiger partial charge in [0, 0.05) is 50.1 Å². The number of fused-ring (bicyclic) bond motifs is 2. The molecule has 2 aromatic carbocycles. The molecule has 9 atom stereocenters. The molecule has 19 nitrogen and oxygen atoms in total. The largest absolute Gasteiger partial charge is 0.394 e. The minimum Gasteiger partial charge on any atom is -0.394 e. The normalized spacial score (nSPS) is 16.8. The summed E-state index contributed by atoms with van der Waals surface area (Å²) in [4.78, 5) is 29.4. The number of rotatable bonds is 33. The molecule has 11 N–H and O–H groups in total. The second-order valence-corrected chi connectivity index (χ2v) is 17.4. The number of aliphatic hydroxyl groups excluding tert-OH is 10. The Morgan fingerprint density at radius 2 is 1.17 bits per heavy atom. The van der Waals surface area contributed by atoms with Crippen LogP contribution in [0.1, 0.15) is 56.7 Å². The molecule has 372 valence electrons. The van der Waals surface area contributed by atoms with Crippen molar-refractivity contribution < 1.29 is 79.6 Å². The van der Waals surface area contributed by atoms with Gasteiger partial charge in [0.25, 0.3) is 0 Å². The number of carbonyl (C=O) groups is 2. The van der Waals surface area contributed by atoms with E-state index in [-0.39, 0.29) is 69.0 Å². The fourth-order valence-corrected chi connectivity index (χ4v) is 7.34. The summed E-state index contributed by atoms with van der Waals surface area (Å²) < 4.78 is 22.6. The van der Waals surface area contributed by atoms with E-state index < -0.39 is 75.1 Å². The smallest absolute Gasteiger partial charge is 0.227 e. The minimum absolute atomic E-state index is 0.0206. The molecule has 0 fully saturated rings. The molecule has 0 spiro atoms. The lowest BCUT2D eigenvalue weighted by atomic mass is 9.84. The van der Waals surface area contributed by atoms with E-state index in [0.29, 0.717) is 39.5 Å². The van der Waals surface area contributed by atoms with Crippen molar-refractivity contribution in [2.75, 3.05) is 97.1 Å². The maximum Gasteiger partial charge on any atom is 0.227 e. The molecule has 66 heavy (non-hydrogen) atoms. The number of amides is 2. The van der Waals surface area contributed by atoms with Crippen molar-refractivity contribution in [2.24, 2.45) is 11.3 Å².